The van der Waals surface area contributed by atoms with Gasteiger partial charge >= 0.3 is 12.1 Å². The molecule has 1 aromatic rings. The predicted molar refractivity (Wildman–Crippen MR) is 99.5 cm³/mol. The highest BCUT2D eigenvalue weighted by Gasteiger charge is 2.43. The number of hydrogen-bond donors (Lipinski definition) is 2. The fourth-order valence-corrected chi connectivity index (χ4v) is 4.17. The number of likely N-dealkylation sites (tertiary alicyclic amines) is 1. The average molecular weight is 438 g/mol. The van der Waals surface area contributed by atoms with Gasteiger partial charge in [0.05, 0.1) is 18.6 Å². The van der Waals surface area contributed by atoms with Gasteiger partial charge in [-0.2, -0.15) is 24.5 Å². The topological polar surface area (TPSA) is 88.1 Å². The van der Waals surface area contributed by atoms with Crippen molar-refractivity contribution in [2.75, 3.05) is 40.0 Å². The van der Waals surface area contributed by atoms with Crippen molar-refractivity contribution >= 4 is 23.2 Å². The third-order valence-electron chi connectivity index (χ3n) is 4.84. The van der Waals surface area contributed by atoms with E-state index in [1.807, 2.05) is 0 Å². The molecule has 2 aliphatic heterocycles. The number of halogens is 3. The van der Waals surface area contributed by atoms with Crippen LogP contribution in [0.15, 0.2) is 16.8 Å². The fourth-order valence-electron chi connectivity index (χ4n) is 3.51. The van der Waals surface area contributed by atoms with E-state index in [1.54, 1.807) is 18.4 Å². The molecule has 3 atom stereocenters. The van der Waals surface area contributed by atoms with Gasteiger partial charge in [0, 0.05) is 45.8 Å². The number of carbonyl (C=O) groups excluding carboxylic acids is 1. The summed E-state index contributed by atoms with van der Waals surface area (Å²) in [6, 6.07) is 2.15. The van der Waals surface area contributed by atoms with E-state index in [2.05, 4.69) is 27.0 Å². The minimum absolute atomic E-state index is 0.0248. The van der Waals surface area contributed by atoms with Crippen LogP contribution in [0.3, 0.4) is 0 Å². The molecule has 0 aliphatic carbocycles. The molecule has 2 N–H and O–H groups in total. The Balaban J connectivity index is 0.000000370. The highest BCUT2D eigenvalue weighted by Crippen LogP contribution is 2.34. The van der Waals surface area contributed by atoms with Gasteiger partial charge in [-0.15, -0.1) is 0 Å². The zero-order chi connectivity index (χ0) is 21.4. The Morgan fingerprint density at radius 3 is 2.72 bits per heavy atom. The van der Waals surface area contributed by atoms with E-state index in [4.69, 9.17) is 19.4 Å². The van der Waals surface area contributed by atoms with Crippen LogP contribution in [0.5, 0.6) is 0 Å². The third-order valence-corrected chi connectivity index (χ3v) is 5.57. The molecule has 164 valence electrons. The summed E-state index contributed by atoms with van der Waals surface area (Å²) < 4.78 is 42.6. The van der Waals surface area contributed by atoms with Gasteiger partial charge < -0.3 is 19.9 Å². The first kappa shape index (κ1) is 23.6. The molecule has 1 aromatic heterocycles. The quantitative estimate of drug-likeness (QED) is 0.661. The molecule has 2 saturated heterocycles. The Morgan fingerprint density at radius 2 is 2.14 bits per heavy atom. The maximum atomic E-state index is 12.5. The summed E-state index contributed by atoms with van der Waals surface area (Å²) in [5.41, 5.74) is 1.32. The second-order valence-electron chi connectivity index (χ2n) is 6.88. The van der Waals surface area contributed by atoms with E-state index in [9.17, 15) is 18.0 Å². The first-order chi connectivity index (χ1) is 13.7. The predicted octanol–water partition coefficient (Wildman–Crippen LogP) is 1.98. The Bertz CT molecular complexity index is 656. The molecular formula is C18H25F3N2O5S. The number of piperidine rings is 1. The van der Waals surface area contributed by atoms with Crippen molar-refractivity contribution in [3.05, 3.63) is 22.4 Å². The number of carbonyl (C=O) groups is 2. The molecule has 3 heterocycles. The van der Waals surface area contributed by atoms with Crippen LogP contribution in [0.25, 0.3) is 0 Å². The second kappa shape index (κ2) is 10.9. The smallest absolute Gasteiger partial charge is 0.475 e. The van der Waals surface area contributed by atoms with Crippen molar-refractivity contribution in [3.8, 4) is 0 Å². The van der Waals surface area contributed by atoms with Gasteiger partial charge in [-0.05, 0) is 28.8 Å². The summed E-state index contributed by atoms with van der Waals surface area (Å²) in [6.07, 6.45) is -3.88. The number of methoxy groups -OCH3 is 1. The minimum atomic E-state index is -5.08. The number of amides is 1. The lowest BCUT2D eigenvalue weighted by atomic mass is 9.82. The lowest BCUT2D eigenvalue weighted by Gasteiger charge is -2.39. The summed E-state index contributed by atoms with van der Waals surface area (Å²) in [5.74, 6) is -2.22. The number of alkyl halides is 3. The van der Waals surface area contributed by atoms with Gasteiger partial charge in [-0.25, -0.2) is 4.79 Å². The van der Waals surface area contributed by atoms with Crippen molar-refractivity contribution in [3.63, 3.8) is 0 Å². The molecule has 7 nitrogen and oxygen atoms in total. The third kappa shape index (κ3) is 7.25. The minimum Gasteiger partial charge on any atom is -0.475 e. The zero-order valence-corrected chi connectivity index (χ0v) is 16.8. The number of thiophene rings is 1. The lowest BCUT2D eigenvalue weighted by Crippen LogP contribution is -2.52. The molecule has 0 aromatic carbocycles. The number of hydrogen-bond acceptors (Lipinski definition) is 6. The molecular weight excluding hydrogens is 413 g/mol. The second-order valence-corrected chi connectivity index (χ2v) is 7.66. The van der Waals surface area contributed by atoms with Crippen molar-refractivity contribution < 1.29 is 37.3 Å². The summed E-state index contributed by atoms with van der Waals surface area (Å²) >= 11 is 1.72. The maximum absolute atomic E-state index is 12.5. The van der Waals surface area contributed by atoms with Crippen LogP contribution < -0.4 is 5.32 Å². The van der Waals surface area contributed by atoms with Crippen LogP contribution >= 0.6 is 11.3 Å². The molecule has 0 spiro atoms. The van der Waals surface area contributed by atoms with Crippen molar-refractivity contribution in [2.45, 2.75) is 25.2 Å². The first-order valence-corrected chi connectivity index (χ1v) is 10.1. The number of nitrogens with one attached hydrogen (secondary N) is 1. The van der Waals surface area contributed by atoms with Gasteiger partial charge in [-0.1, -0.05) is 0 Å². The molecule has 3 rings (SSSR count). The summed E-state index contributed by atoms with van der Waals surface area (Å²) in [7, 11) is 1.65. The number of nitrogens with zero attached hydrogens (tertiary/aromatic N) is 1. The summed E-state index contributed by atoms with van der Waals surface area (Å²) in [4.78, 5) is 23.8. The van der Waals surface area contributed by atoms with Crippen LogP contribution in [0, 0.1) is 11.8 Å². The lowest BCUT2D eigenvalue weighted by molar-refractivity contribution is -0.192. The Morgan fingerprint density at radius 1 is 1.41 bits per heavy atom. The molecule has 1 amide bonds. The molecule has 2 fully saturated rings. The average Bonchev–Trinajstić information content (AvgIpc) is 3.32. The van der Waals surface area contributed by atoms with Crippen LogP contribution in [0.4, 0.5) is 13.2 Å². The Labute approximate surface area is 170 Å². The molecule has 0 radical (unpaired) electrons. The summed E-state index contributed by atoms with van der Waals surface area (Å²) in [6.45, 7) is 4.57. The summed E-state index contributed by atoms with van der Waals surface area (Å²) in [5, 5.41) is 14.4. The molecule has 29 heavy (non-hydrogen) atoms. The Hall–Kier alpha value is -1.69. The molecule has 0 unspecified atom stereocenters. The van der Waals surface area contributed by atoms with E-state index in [0.29, 0.717) is 19.1 Å². The van der Waals surface area contributed by atoms with Crippen molar-refractivity contribution in [1.29, 1.82) is 0 Å². The van der Waals surface area contributed by atoms with Crippen molar-refractivity contribution in [1.82, 2.24) is 10.2 Å². The van der Waals surface area contributed by atoms with Crippen LogP contribution in [0.1, 0.15) is 12.0 Å². The van der Waals surface area contributed by atoms with Crippen LogP contribution in [0.2, 0.25) is 0 Å². The number of fused-ring (bicyclic) bond motifs is 1. The van der Waals surface area contributed by atoms with Gasteiger partial charge in [0.1, 0.15) is 0 Å². The van der Waals surface area contributed by atoms with E-state index in [-0.39, 0.29) is 17.9 Å². The molecule has 0 saturated carbocycles. The fraction of sp³-hybridized carbons (Fsp3) is 0.667. The van der Waals surface area contributed by atoms with Gasteiger partial charge in [-0.3, -0.25) is 9.69 Å². The van der Waals surface area contributed by atoms with Crippen LogP contribution in [-0.4, -0.2) is 74.1 Å². The van der Waals surface area contributed by atoms with Crippen LogP contribution in [-0.2, 0) is 25.6 Å². The molecule has 11 heteroatoms. The first-order valence-electron chi connectivity index (χ1n) is 9.14. The zero-order valence-electron chi connectivity index (χ0n) is 16.0. The highest BCUT2D eigenvalue weighted by molar-refractivity contribution is 7.07. The highest BCUT2D eigenvalue weighted by atomic mass is 32.1. The number of rotatable bonds is 6. The van der Waals surface area contributed by atoms with Gasteiger partial charge in [0.15, 0.2) is 0 Å². The maximum Gasteiger partial charge on any atom is 0.490 e. The SMILES string of the molecule is COCCNC(=O)[C@H]1CN(Cc2ccsc2)C[C@H]2OCC[C@@H]12.O=C(O)C(F)(F)F. The standard InChI is InChI=1S/C16H24N2O3S.C2HF3O2/c1-20-6-4-17-16(19)14-9-18(8-12-3-7-22-11-12)10-15-13(14)2-5-21-15;3-2(4,5)1(6)7/h3,7,11,13-15H,2,4-6,8-10H2,1H3,(H,17,19);(H,6,7)/t13-,14-,15+;/m0./s1. The Kier molecular flexibility index (Phi) is 8.87. The number of carboxylic acid groups (broad SMARTS) is 1. The molecule has 2 aliphatic rings. The van der Waals surface area contributed by atoms with E-state index < -0.39 is 12.1 Å². The van der Waals surface area contributed by atoms with Gasteiger partial charge in [0.25, 0.3) is 0 Å². The monoisotopic (exact) mass is 438 g/mol. The van der Waals surface area contributed by atoms with Gasteiger partial charge in [0.2, 0.25) is 5.91 Å². The largest absolute Gasteiger partial charge is 0.490 e. The van der Waals surface area contributed by atoms with Crippen molar-refractivity contribution in [2.24, 2.45) is 11.8 Å². The normalized spacial score (nSPS) is 24.3. The number of carboxylic acids is 1. The number of ether oxygens (including phenoxy) is 2. The molecule has 0 bridgehead atoms. The van der Waals surface area contributed by atoms with E-state index >= 15 is 0 Å². The van der Waals surface area contributed by atoms with E-state index in [0.717, 1.165) is 32.7 Å². The number of aliphatic carboxylic acids is 1. The van der Waals surface area contributed by atoms with E-state index in [1.165, 1.54) is 5.56 Å².